The Morgan fingerprint density at radius 1 is 0.963 bits per heavy atom. The molecule has 7 heteroatoms. The summed E-state index contributed by atoms with van der Waals surface area (Å²) in [5.74, 6) is 2.18. The standard InChI is InChI=1S/C20H28N6O/c1-16-3-2-4-17(13-16)15-24-5-7-25(8-6-24)19-14-18(21)22-20(23-19)26-9-11-27-12-10-26/h2-4,13-14H,5-12,15H2,1H3,(H2,21,22,23). The normalized spacial score (nSPS) is 18.7. The molecule has 0 saturated carbocycles. The van der Waals surface area contributed by atoms with E-state index in [-0.39, 0.29) is 0 Å². The maximum absolute atomic E-state index is 6.07. The Hall–Kier alpha value is -2.38. The molecule has 7 nitrogen and oxygen atoms in total. The van der Waals surface area contributed by atoms with Crippen molar-refractivity contribution in [2.45, 2.75) is 13.5 Å². The number of benzene rings is 1. The van der Waals surface area contributed by atoms with E-state index in [4.69, 9.17) is 15.5 Å². The highest BCUT2D eigenvalue weighted by Gasteiger charge is 2.21. The van der Waals surface area contributed by atoms with Crippen LogP contribution >= 0.6 is 0 Å². The van der Waals surface area contributed by atoms with E-state index < -0.39 is 0 Å². The molecule has 2 fully saturated rings. The van der Waals surface area contributed by atoms with Crippen molar-refractivity contribution >= 4 is 17.6 Å². The van der Waals surface area contributed by atoms with E-state index in [9.17, 15) is 0 Å². The molecular weight excluding hydrogens is 340 g/mol. The minimum absolute atomic E-state index is 0.531. The lowest BCUT2D eigenvalue weighted by Crippen LogP contribution is -2.46. The van der Waals surface area contributed by atoms with Crippen LogP contribution in [0.1, 0.15) is 11.1 Å². The molecule has 144 valence electrons. The number of nitrogens with zero attached hydrogens (tertiary/aromatic N) is 5. The molecule has 0 unspecified atom stereocenters. The van der Waals surface area contributed by atoms with Gasteiger partial charge in [-0.1, -0.05) is 29.8 Å². The van der Waals surface area contributed by atoms with Crippen LogP contribution in [0, 0.1) is 6.92 Å². The zero-order valence-electron chi connectivity index (χ0n) is 16.0. The van der Waals surface area contributed by atoms with Gasteiger partial charge in [-0.15, -0.1) is 0 Å². The zero-order chi connectivity index (χ0) is 18.6. The molecule has 0 spiro atoms. The Kier molecular flexibility index (Phi) is 5.40. The number of rotatable bonds is 4. The summed E-state index contributed by atoms with van der Waals surface area (Å²) in [6.07, 6.45) is 0. The first-order valence-corrected chi connectivity index (χ1v) is 9.67. The quantitative estimate of drug-likeness (QED) is 0.877. The van der Waals surface area contributed by atoms with E-state index in [2.05, 4.69) is 50.9 Å². The lowest BCUT2D eigenvalue weighted by atomic mass is 10.1. The lowest BCUT2D eigenvalue weighted by molar-refractivity contribution is 0.122. The predicted octanol–water partition coefficient (Wildman–Crippen LogP) is 1.53. The third-order valence-corrected chi connectivity index (χ3v) is 5.20. The second-order valence-electron chi connectivity index (χ2n) is 7.30. The molecule has 2 saturated heterocycles. The van der Waals surface area contributed by atoms with Gasteiger partial charge in [-0.3, -0.25) is 4.90 Å². The number of anilines is 3. The van der Waals surface area contributed by atoms with Crippen LogP contribution in [-0.4, -0.2) is 67.4 Å². The van der Waals surface area contributed by atoms with Crippen molar-refractivity contribution < 1.29 is 4.74 Å². The highest BCUT2D eigenvalue weighted by atomic mass is 16.5. The Balaban J connectivity index is 1.39. The number of piperazine rings is 1. The first-order chi connectivity index (χ1) is 13.2. The number of morpholine rings is 1. The fraction of sp³-hybridized carbons (Fsp3) is 0.500. The van der Waals surface area contributed by atoms with Crippen molar-refractivity contribution in [1.29, 1.82) is 0 Å². The number of ether oxygens (including phenoxy) is 1. The van der Waals surface area contributed by atoms with Crippen LogP contribution in [0.5, 0.6) is 0 Å². The van der Waals surface area contributed by atoms with Crippen molar-refractivity contribution in [3.8, 4) is 0 Å². The van der Waals surface area contributed by atoms with Crippen molar-refractivity contribution in [3.05, 3.63) is 41.5 Å². The molecule has 2 aromatic rings. The van der Waals surface area contributed by atoms with E-state index in [1.807, 2.05) is 6.07 Å². The third kappa shape index (κ3) is 4.48. The van der Waals surface area contributed by atoms with Crippen LogP contribution in [0.3, 0.4) is 0 Å². The second kappa shape index (κ2) is 8.10. The van der Waals surface area contributed by atoms with Gasteiger partial charge >= 0.3 is 0 Å². The number of aromatic nitrogens is 2. The van der Waals surface area contributed by atoms with E-state index in [0.29, 0.717) is 19.0 Å². The molecule has 3 heterocycles. The van der Waals surface area contributed by atoms with Crippen LogP contribution in [0.2, 0.25) is 0 Å². The molecule has 2 aliphatic rings. The number of nitrogens with two attached hydrogens (primary N) is 1. The number of nitrogen functional groups attached to an aromatic ring is 1. The number of aryl methyl sites for hydroxylation is 1. The third-order valence-electron chi connectivity index (χ3n) is 5.20. The first-order valence-electron chi connectivity index (χ1n) is 9.67. The Morgan fingerprint density at radius 3 is 2.48 bits per heavy atom. The predicted molar refractivity (Wildman–Crippen MR) is 108 cm³/mol. The van der Waals surface area contributed by atoms with Crippen molar-refractivity contribution in [2.24, 2.45) is 0 Å². The minimum Gasteiger partial charge on any atom is -0.383 e. The van der Waals surface area contributed by atoms with Crippen molar-refractivity contribution in [2.75, 3.05) is 68.0 Å². The molecule has 4 rings (SSSR count). The minimum atomic E-state index is 0.531. The summed E-state index contributed by atoms with van der Waals surface area (Å²) in [4.78, 5) is 16.2. The number of hydrogen-bond acceptors (Lipinski definition) is 7. The van der Waals surface area contributed by atoms with Gasteiger partial charge in [-0.25, -0.2) is 0 Å². The van der Waals surface area contributed by atoms with Gasteiger partial charge in [-0.05, 0) is 12.5 Å². The average Bonchev–Trinajstić information content (AvgIpc) is 2.69. The fourth-order valence-corrected chi connectivity index (χ4v) is 3.71. The van der Waals surface area contributed by atoms with Crippen molar-refractivity contribution in [3.63, 3.8) is 0 Å². The summed E-state index contributed by atoms with van der Waals surface area (Å²) < 4.78 is 5.42. The molecule has 0 aliphatic carbocycles. The molecule has 27 heavy (non-hydrogen) atoms. The van der Waals surface area contributed by atoms with Gasteiger partial charge in [0, 0.05) is 51.9 Å². The summed E-state index contributed by atoms with van der Waals surface area (Å²) in [5, 5.41) is 0. The second-order valence-corrected chi connectivity index (χ2v) is 7.30. The molecule has 2 N–H and O–H groups in total. The van der Waals surface area contributed by atoms with Gasteiger partial charge in [0.15, 0.2) is 0 Å². The van der Waals surface area contributed by atoms with E-state index >= 15 is 0 Å². The Labute approximate surface area is 160 Å². The molecule has 0 amide bonds. The van der Waals surface area contributed by atoms with Crippen LogP contribution < -0.4 is 15.5 Å². The highest BCUT2D eigenvalue weighted by molar-refractivity contribution is 5.52. The molecule has 0 radical (unpaired) electrons. The molecule has 0 bridgehead atoms. The van der Waals surface area contributed by atoms with Crippen LogP contribution in [0.25, 0.3) is 0 Å². The fourth-order valence-electron chi connectivity index (χ4n) is 3.71. The monoisotopic (exact) mass is 368 g/mol. The maximum Gasteiger partial charge on any atom is 0.229 e. The Morgan fingerprint density at radius 2 is 1.74 bits per heavy atom. The topological polar surface area (TPSA) is 70.8 Å². The summed E-state index contributed by atoms with van der Waals surface area (Å²) in [6, 6.07) is 10.6. The first kappa shape index (κ1) is 18.0. The van der Waals surface area contributed by atoms with Gasteiger partial charge in [0.05, 0.1) is 13.2 Å². The SMILES string of the molecule is Cc1cccc(CN2CCN(c3cc(N)nc(N4CCOCC4)n3)CC2)c1. The maximum atomic E-state index is 6.07. The zero-order valence-corrected chi connectivity index (χ0v) is 16.0. The van der Waals surface area contributed by atoms with E-state index in [1.54, 1.807) is 0 Å². The summed E-state index contributed by atoms with van der Waals surface area (Å²) in [7, 11) is 0. The molecule has 0 atom stereocenters. The molecule has 1 aromatic carbocycles. The smallest absolute Gasteiger partial charge is 0.229 e. The van der Waals surface area contributed by atoms with Gasteiger partial charge in [-0.2, -0.15) is 9.97 Å². The molecule has 2 aliphatic heterocycles. The van der Waals surface area contributed by atoms with Crippen molar-refractivity contribution in [1.82, 2.24) is 14.9 Å². The van der Waals surface area contributed by atoms with Crippen LogP contribution in [0.4, 0.5) is 17.6 Å². The molecular formula is C20H28N6O. The van der Waals surface area contributed by atoms with Crippen LogP contribution in [0.15, 0.2) is 30.3 Å². The van der Waals surface area contributed by atoms with Gasteiger partial charge < -0.3 is 20.3 Å². The van der Waals surface area contributed by atoms with Crippen LogP contribution in [-0.2, 0) is 11.3 Å². The largest absolute Gasteiger partial charge is 0.383 e. The van der Waals surface area contributed by atoms with Gasteiger partial charge in [0.1, 0.15) is 11.6 Å². The summed E-state index contributed by atoms with van der Waals surface area (Å²) >= 11 is 0. The summed E-state index contributed by atoms with van der Waals surface area (Å²) in [6.45, 7) is 10.1. The highest BCUT2D eigenvalue weighted by Crippen LogP contribution is 2.21. The lowest BCUT2D eigenvalue weighted by Gasteiger charge is -2.36. The average molecular weight is 368 g/mol. The van der Waals surface area contributed by atoms with Gasteiger partial charge in [0.2, 0.25) is 5.95 Å². The summed E-state index contributed by atoms with van der Waals surface area (Å²) in [5.41, 5.74) is 8.77. The van der Waals surface area contributed by atoms with E-state index in [0.717, 1.165) is 57.6 Å². The number of hydrogen-bond donors (Lipinski definition) is 1. The van der Waals surface area contributed by atoms with Gasteiger partial charge in [0.25, 0.3) is 0 Å². The van der Waals surface area contributed by atoms with E-state index in [1.165, 1.54) is 11.1 Å². The molecule has 1 aromatic heterocycles. The Bertz CT molecular complexity index is 769.